The average molecular weight is 493 g/mol. The van der Waals surface area contributed by atoms with E-state index in [1.165, 1.54) is 13.8 Å². The fraction of sp³-hybridized carbons (Fsp3) is 0.188. The molecule has 0 fully saturated rings. The lowest BCUT2D eigenvalue weighted by atomic mass is 9.94. The fourth-order valence-electron chi connectivity index (χ4n) is 4.59. The van der Waals surface area contributed by atoms with Gasteiger partial charge in [0.05, 0.1) is 13.2 Å². The van der Waals surface area contributed by atoms with E-state index in [0.29, 0.717) is 13.2 Å². The Labute approximate surface area is 218 Å². The average Bonchev–Trinajstić information content (AvgIpc) is 2.87. The van der Waals surface area contributed by atoms with Crippen LogP contribution >= 0.6 is 0 Å². The number of carbonyl (C=O) groups is 2. The van der Waals surface area contributed by atoms with Crippen LogP contribution in [0.2, 0.25) is 0 Å². The largest absolute Gasteiger partial charge is 0.372 e. The summed E-state index contributed by atoms with van der Waals surface area (Å²) in [5, 5.41) is 5.83. The van der Waals surface area contributed by atoms with Crippen molar-refractivity contribution in [2.24, 2.45) is 0 Å². The molecule has 0 aliphatic rings. The quantitative estimate of drug-likeness (QED) is 0.272. The Bertz CT molecular complexity index is 1330. The molecule has 0 saturated carbocycles. The molecule has 0 spiro atoms. The summed E-state index contributed by atoms with van der Waals surface area (Å²) < 4.78 is 6.26. The van der Waals surface area contributed by atoms with Crippen molar-refractivity contribution in [3.8, 4) is 22.3 Å². The Kier molecular flexibility index (Phi) is 8.16. The number of carbonyl (C=O) groups excluding carboxylic acids is 2. The molecule has 0 aliphatic carbocycles. The first-order valence-electron chi connectivity index (χ1n) is 12.3. The van der Waals surface area contributed by atoms with Crippen LogP contribution in [0.25, 0.3) is 22.3 Å². The van der Waals surface area contributed by atoms with Crippen molar-refractivity contribution in [2.75, 3.05) is 10.6 Å². The van der Waals surface area contributed by atoms with Gasteiger partial charge in [-0.05, 0) is 70.5 Å². The maximum atomic E-state index is 11.6. The molecule has 2 N–H and O–H groups in total. The summed E-state index contributed by atoms with van der Waals surface area (Å²) in [5.74, 6) is -0.179. The van der Waals surface area contributed by atoms with Gasteiger partial charge in [0.2, 0.25) is 11.8 Å². The molecule has 4 aromatic carbocycles. The van der Waals surface area contributed by atoms with Gasteiger partial charge in [0, 0.05) is 25.2 Å². The Hall–Kier alpha value is -4.22. The highest BCUT2D eigenvalue weighted by Gasteiger charge is 2.13. The van der Waals surface area contributed by atoms with Crippen LogP contribution in [0, 0.1) is 13.8 Å². The first-order chi connectivity index (χ1) is 17.8. The van der Waals surface area contributed by atoms with E-state index < -0.39 is 0 Å². The Balaban J connectivity index is 1.57. The minimum Gasteiger partial charge on any atom is -0.372 e. The molecule has 5 heteroatoms. The minimum atomic E-state index is -0.0895. The first kappa shape index (κ1) is 25.9. The summed E-state index contributed by atoms with van der Waals surface area (Å²) >= 11 is 0. The topological polar surface area (TPSA) is 67.4 Å². The molecule has 2 amide bonds. The lowest BCUT2D eigenvalue weighted by molar-refractivity contribution is -0.115. The number of nitrogens with one attached hydrogen (secondary N) is 2. The number of rotatable bonds is 8. The van der Waals surface area contributed by atoms with Gasteiger partial charge < -0.3 is 15.4 Å². The van der Waals surface area contributed by atoms with E-state index >= 15 is 0 Å². The molecule has 4 rings (SSSR count). The van der Waals surface area contributed by atoms with Gasteiger partial charge in [-0.25, -0.2) is 0 Å². The third-order valence-electron chi connectivity index (χ3n) is 6.42. The Morgan fingerprint density at radius 2 is 0.946 bits per heavy atom. The predicted molar refractivity (Wildman–Crippen MR) is 150 cm³/mol. The van der Waals surface area contributed by atoms with Crippen LogP contribution in [-0.2, 0) is 27.5 Å². The maximum absolute atomic E-state index is 11.6. The van der Waals surface area contributed by atoms with Crippen molar-refractivity contribution in [3.05, 3.63) is 107 Å². The summed E-state index contributed by atoms with van der Waals surface area (Å²) in [6.45, 7) is 7.96. The number of hydrogen-bond donors (Lipinski definition) is 2. The van der Waals surface area contributed by atoms with E-state index in [1.54, 1.807) is 0 Å². The molecule has 0 saturated heterocycles. The zero-order valence-corrected chi connectivity index (χ0v) is 21.7. The van der Waals surface area contributed by atoms with E-state index in [1.807, 2.05) is 62.4 Å². The second-order valence-electron chi connectivity index (χ2n) is 9.13. The van der Waals surface area contributed by atoms with Crippen molar-refractivity contribution < 1.29 is 14.3 Å². The number of hydrogen-bond acceptors (Lipinski definition) is 3. The first-order valence-corrected chi connectivity index (χ1v) is 12.3. The molecule has 0 bridgehead atoms. The van der Waals surface area contributed by atoms with Gasteiger partial charge >= 0.3 is 0 Å². The number of ether oxygens (including phenoxy) is 1. The summed E-state index contributed by atoms with van der Waals surface area (Å²) in [6.07, 6.45) is 0. The standard InChI is InChI=1S/C32H32N2O3/c1-21-27(15-9-17-31(21)33-23(3)35)29-13-7-5-11-25(29)19-37-20-26-12-6-8-14-30(26)28-16-10-18-32(22(28)2)34-24(4)36/h5-18H,19-20H2,1-4H3,(H,33,35)(H,34,36). The van der Waals surface area contributed by atoms with Crippen molar-refractivity contribution in [2.45, 2.75) is 40.9 Å². The number of anilines is 2. The number of amides is 2. The van der Waals surface area contributed by atoms with Gasteiger partial charge in [-0.2, -0.15) is 0 Å². The minimum absolute atomic E-state index is 0.0895. The third kappa shape index (κ3) is 6.13. The zero-order chi connectivity index (χ0) is 26.4. The van der Waals surface area contributed by atoms with Gasteiger partial charge in [-0.15, -0.1) is 0 Å². The van der Waals surface area contributed by atoms with Gasteiger partial charge in [0.15, 0.2) is 0 Å². The molecule has 0 aliphatic heterocycles. The molecule has 0 aromatic heterocycles. The van der Waals surface area contributed by atoms with Crippen LogP contribution in [0.5, 0.6) is 0 Å². The molecule has 0 unspecified atom stereocenters. The summed E-state index contributed by atoms with van der Waals surface area (Å²) in [5.41, 5.74) is 10.1. The normalized spacial score (nSPS) is 10.7. The lowest BCUT2D eigenvalue weighted by Crippen LogP contribution is -2.08. The zero-order valence-electron chi connectivity index (χ0n) is 21.7. The third-order valence-corrected chi connectivity index (χ3v) is 6.42. The van der Waals surface area contributed by atoms with E-state index in [2.05, 4.69) is 47.0 Å². The van der Waals surface area contributed by atoms with Crippen LogP contribution in [0.15, 0.2) is 84.9 Å². The second-order valence-corrected chi connectivity index (χ2v) is 9.13. The van der Waals surface area contributed by atoms with Crippen molar-refractivity contribution in [1.29, 1.82) is 0 Å². The monoisotopic (exact) mass is 492 g/mol. The van der Waals surface area contributed by atoms with Crippen molar-refractivity contribution >= 4 is 23.2 Å². The SMILES string of the molecule is CC(=O)Nc1cccc(-c2ccccc2COCc2ccccc2-c2cccc(NC(C)=O)c2C)c1C. The van der Waals surface area contributed by atoms with Gasteiger partial charge in [0.25, 0.3) is 0 Å². The Morgan fingerprint density at radius 1 is 0.568 bits per heavy atom. The second kappa shape index (κ2) is 11.7. The molecular formula is C32H32N2O3. The van der Waals surface area contributed by atoms with E-state index in [0.717, 1.165) is 55.9 Å². The van der Waals surface area contributed by atoms with Crippen LogP contribution in [0.1, 0.15) is 36.1 Å². The van der Waals surface area contributed by atoms with Crippen LogP contribution < -0.4 is 10.6 Å². The molecule has 4 aromatic rings. The molecule has 37 heavy (non-hydrogen) atoms. The molecule has 0 heterocycles. The molecular weight excluding hydrogens is 460 g/mol. The smallest absolute Gasteiger partial charge is 0.221 e. The highest BCUT2D eigenvalue weighted by molar-refractivity contribution is 5.92. The summed E-state index contributed by atoms with van der Waals surface area (Å²) in [6, 6.07) is 28.3. The molecule has 0 atom stereocenters. The van der Waals surface area contributed by atoms with E-state index in [4.69, 9.17) is 4.74 Å². The van der Waals surface area contributed by atoms with Gasteiger partial charge in [-0.3, -0.25) is 9.59 Å². The van der Waals surface area contributed by atoms with Crippen molar-refractivity contribution in [3.63, 3.8) is 0 Å². The number of benzene rings is 4. The fourth-order valence-corrected chi connectivity index (χ4v) is 4.59. The molecule has 5 nitrogen and oxygen atoms in total. The molecule has 188 valence electrons. The van der Waals surface area contributed by atoms with Gasteiger partial charge in [-0.1, -0.05) is 72.8 Å². The highest BCUT2D eigenvalue weighted by atomic mass is 16.5. The maximum Gasteiger partial charge on any atom is 0.221 e. The van der Waals surface area contributed by atoms with Crippen LogP contribution in [0.4, 0.5) is 11.4 Å². The van der Waals surface area contributed by atoms with Crippen molar-refractivity contribution in [1.82, 2.24) is 0 Å². The predicted octanol–water partition coefficient (Wildman–Crippen LogP) is 7.27. The van der Waals surface area contributed by atoms with Gasteiger partial charge in [0.1, 0.15) is 0 Å². The van der Waals surface area contributed by atoms with E-state index in [-0.39, 0.29) is 11.8 Å². The van der Waals surface area contributed by atoms with Crippen LogP contribution in [0.3, 0.4) is 0 Å². The Morgan fingerprint density at radius 3 is 1.35 bits per heavy atom. The summed E-state index contributed by atoms with van der Waals surface area (Å²) in [4.78, 5) is 23.2. The molecule has 0 radical (unpaired) electrons. The van der Waals surface area contributed by atoms with E-state index in [9.17, 15) is 9.59 Å². The van der Waals surface area contributed by atoms with Crippen LogP contribution in [-0.4, -0.2) is 11.8 Å². The summed E-state index contributed by atoms with van der Waals surface area (Å²) in [7, 11) is 0. The highest BCUT2D eigenvalue weighted by Crippen LogP contribution is 2.33. The lowest BCUT2D eigenvalue weighted by Gasteiger charge is -2.17.